The first kappa shape index (κ1) is 20.2. The van der Waals surface area contributed by atoms with Crippen molar-refractivity contribution in [1.82, 2.24) is 15.5 Å². The van der Waals surface area contributed by atoms with Gasteiger partial charge >= 0.3 is 0 Å². The van der Waals surface area contributed by atoms with Crippen LogP contribution in [-0.2, 0) is 17.7 Å². The van der Waals surface area contributed by atoms with Crippen LogP contribution in [0.25, 0.3) is 0 Å². The lowest BCUT2D eigenvalue weighted by Gasteiger charge is -2.26. The Labute approximate surface area is 167 Å². The van der Waals surface area contributed by atoms with Crippen LogP contribution in [0.3, 0.4) is 0 Å². The molecule has 1 aromatic rings. The highest BCUT2D eigenvalue weighted by Gasteiger charge is 2.21. The Morgan fingerprint density at radius 2 is 2.11 bits per heavy atom. The Balaban J connectivity index is 1.43. The normalized spacial score (nSPS) is 19.3. The van der Waals surface area contributed by atoms with Crippen LogP contribution >= 0.6 is 12.2 Å². The van der Waals surface area contributed by atoms with Crippen molar-refractivity contribution in [2.75, 3.05) is 46.0 Å². The molecular formula is C20H31N3O3S. The van der Waals surface area contributed by atoms with E-state index in [1.807, 2.05) is 6.92 Å². The molecule has 0 radical (unpaired) electrons. The number of hydrogen-bond donors (Lipinski definition) is 2. The summed E-state index contributed by atoms with van der Waals surface area (Å²) < 4.78 is 17.1. The van der Waals surface area contributed by atoms with Gasteiger partial charge in [0.2, 0.25) is 0 Å². The second kappa shape index (κ2) is 10.1. The standard InChI is InChI=1S/C20H31N3O3S/c1-3-25-18-12-16-11-15(2)26-19(16)13-17(18)14-22-20(27)21-5-4-6-23-7-9-24-10-8-23/h12-13,15H,3-11,14H2,1-2H3,(H2,21,22,27)/t15-/m0/s1. The number of nitrogens with one attached hydrogen (secondary N) is 2. The summed E-state index contributed by atoms with van der Waals surface area (Å²) in [5, 5.41) is 7.26. The van der Waals surface area contributed by atoms with Gasteiger partial charge in [0.15, 0.2) is 5.11 Å². The molecule has 0 bridgehead atoms. The Kier molecular flexibility index (Phi) is 7.55. The molecule has 0 aromatic heterocycles. The molecule has 6 nitrogen and oxygen atoms in total. The highest BCUT2D eigenvalue weighted by Crippen LogP contribution is 2.35. The van der Waals surface area contributed by atoms with E-state index in [0.29, 0.717) is 18.3 Å². The highest BCUT2D eigenvalue weighted by atomic mass is 32.1. The highest BCUT2D eigenvalue weighted by molar-refractivity contribution is 7.80. The van der Waals surface area contributed by atoms with Gasteiger partial charge < -0.3 is 24.8 Å². The van der Waals surface area contributed by atoms with Gasteiger partial charge in [0.1, 0.15) is 17.6 Å². The van der Waals surface area contributed by atoms with Crippen molar-refractivity contribution in [3.05, 3.63) is 23.3 Å². The second-order valence-corrected chi connectivity index (χ2v) is 7.46. The van der Waals surface area contributed by atoms with E-state index in [0.717, 1.165) is 69.3 Å². The average Bonchev–Trinajstić information content (AvgIpc) is 3.03. The molecule has 27 heavy (non-hydrogen) atoms. The molecule has 2 aliphatic heterocycles. The number of morpholine rings is 1. The molecule has 1 saturated heterocycles. The summed E-state index contributed by atoms with van der Waals surface area (Å²) in [4.78, 5) is 2.43. The molecule has 2 N–H and O–H groups in total. The lowest BCUT2D eigenvalue weighted by molar-refractivity contribution is 0.0376. The Morgan fingerprint density at radius 3 is 2.89 bits per heavy atom. The summed E-state index contributed by atoms with van der Waals surface area (Å²) in [6, 6.07) is 4.19. The number of nitrogens with zero attached hydrogens (tertiary/aromatic N) is 1. The lowest BCUT2D eigenvalue weighted by Crippen LogP contribution is -2.39. The fraction of sp³-hybridized carbons (Fsp3) is 0.650. The van der Waals surface area contributed by atoms with Crippen LogP contribution in [0.2, 0.25) is 0 Å². The van der Waals surface area contributed by atoms with E-state index in [2.05, 4.69) is 34.6 Å². The predicted molar refractivity (Wildman–Crippen MR) is 111 cm³/mol. The van der Waals surface area contributed by atoms with Crippen molar-refractivity contribution < 1.29 is 14.2 Å². The lowest BCUT2D eigenvalue weighted by atomic mass is 10.1. The first-order valence-corrected chi connectivity index (χ1v) is 10.3. The maximum absolute atomic E-state index is 5.88. The largest absolute Gasteiger partial charge is 0.494 e. The van der Waals surface area contributed by atoms with Crippen molar-refractivity contribution in [2.24, 2.45) is 0 Å². The van der Waals surface area contributed by atoms with Gasteiger partial charge in [0, 0.05) is 43.7 Å². The summed E-state index contributed by atoms with van der Waals surface area (Å²) >= 11 is 5.42. The van der Waals surface area contributed by atoms with Crippen molar-refractivity contribution in [3.8, 4) is 11.5 Å². The van der Waals surface area contributed by atoms with Crippen molar-refractivity contribution in [1.29, 1.82) is 0 Å². The number of ether oxygens (including phenoxy) is 3. The van der Waals surface area contributed by atoms with Crippen LogP contribution in [-0.4, -0.2) is 62.1 Å². The first-order valence-electron chi connectivity index (χ1n) is 9.92. The molecule has 0 amide bonds. The predicted octanol–water partition coefficient (Wildman–Crippen LogP) is 2.10. The molecule has 7 heteroatoms. The van der Waals surface area contributed by atoms with Gasteiger partial charge in [0.25, 0.3) is 0 Å². The zero-order valence-corrected chi connectivity index (χ0v) is 17.2. The Bertz CT molecular complexity index is 635. The number of thiocarbonyl (C=S) groups is 1. The van der Waals surface area contributed by atoms with Crippen LogP contribution in [0.5, 0.6) is 11.5 Å². The van der Waals surface area contributed by atoms with Gasteiger partial charge in [-0.15, -0.1) is 0 Å². The molecule has 1 aromatic carbocycles. The first-order chi connectivity index (χ1) is 13.2. The second-order valence-electron chi connectivity index (χ2n) is 7.05. The molecule has 150 valence electrons. The third-order valence-electron chi connectivity index (χ3n) is 4.86. The molecule has 1 fully saturated rings. The maximum atomic E-state index is 5.88. The monoisotopic (exact) mass is 393 g/mol. The molecule has 0 spiro atoms. The number of hydrogen-bond acceptors (Lipinski definition) is 5. The van der Waals surface area contributed by atoms with Crippen molar-refractivity contribution >= 4 is 17.3 Å². The minimum Gasteiger partial charge on any atom is -0.494 e. The smallest absolute Gasteiger partial charge is 0.166 e. The van der Waals surface area contributed by atoms with Gasteiger partial charge in [-0.05, 0) is 51.2 Å². The van der Waals surface area contributed by atoms with E-state index in [9.17, 15) is 0 Å². The average molecular weight is 394 g/mol. The molecular weight excluding hydrogens is 362 g/mol. The zero-order valence-electron chi connectivity index (χ0n) is 16.4. The molecule has 2 heterocycles. The van der Waals surface area contributed by atoms with Gasteiger partial charge in [-0.1, -0.05) is 0 Å². The van der Waals surface area contributed by atoms with Gasteiger partial charge in [-0.25, -0.2) is 0 Å². The van der Waals surface area contributed by atoms with Crippen LogP contribution < -0.4 is 20.1 Å². The number of benzene rings is 1. The van der Waals surface area contributed by atoms with E-state index in [4.69, 9.17) is 26.4 Å². The molecule has 0 aliphatic carbocycles. The molecule has 0 saturated carbocycles. The fourth-order valence-corrected chi connectivity index (χ4v) is 3.65. The maximum Gasteiger partial charge on any atom is 0.166 e. The van der Waals surface area contributed by atoms with Crippen molar-refractivity contribution in [3.63, 3.8) is 0 Å². The molecule has 1 atom stereocenters. The molecule has 0 unspecified atom stereocenters. The topological polar surface area (TPSA) is 55.0 Å². The summed E-state index contributed by atoms with van der Waals surface area (Å²) in [5.41, 5.74) is 2.29. The van der Waals surface area contributed by atoms with Gasteiger partial charge in [0.05, 0.1) is 19.8 Å². The SMILES string of the molecule is CCOc1cc2c(cc1CNC(=S)NCCCN1CCOCC1)O[C@@H](C)C2. The summed E-state index contributed by atoms with van der Waals surface area (Å²) in [6.07, 6.45) is 2.23. The molecule has 3 rings (SSSR count). The van der Waals surface area contributed by atoms with E-state index >= 15 is 0 Å². The summed E-state index contributed by atoms with van der Waals surface area (Å²) in [5.74, 6) is 1.88. The van der Waals surface area contributed by atoms with Gasteiger partial charge in [-0.3, -0.25) is 4.90 Å². The van der Waals surface area contributed by atoms with Gasteiger partial charge in [-0.2, -0.15) is 0 Å². The number of fused-ring (bicyclic) bond motifs is 1. The van der Waals surface area contributed by atoms with E-state index < -0.39 is 0 Å². The van der Waals surface area contributed by atoms with E-state index in [1.165, 1.54) is 5.56 Å². The zero-order chi connectivity index (χ0) is 19.1. The summed E-state index contributed by atoms with van der Waals surface area (Å²) in [7, 11) is 0. The van der Waals surface area contributed by atoms with Crippen LogP contribution in [0.4, 0.5) is 0 Å². The quantitative estimate of drug-likeness (QED) is 0.518. The Morgan fingerprint density at radius 1 is 1.30 bits per heavy atom. The number of rotatable bonds is 8. The fourth-order valence-electron chi connectivity index (χ4n) is 3.48. The molecule has 2 aliphatic rings. The van der Waals surface area contributed by atoms with E-state index in [1.54, 1.807) is 0 Å². The van der Waals surface area contributed by atoms with E-state index in [-0.39, 0.29) is 6.10 Å². The Hall–Kier alpha value is -1.57. The minimum atomic E-state index is 0.229. The van der Waals surface area contributed by atoms with Crippen LogP contribution in [0.1, 0.15) is 31.4 Å². The minimum absolute atomic E-state index is 0.229. The van der Waals surface area contributed by atoms with Crippen molar-refractivity contribution in [2.45, 2.75) is 39.3 Å². The third kappa shape index (κ3) is 5.96. The van der Waals surface area contributed by atoms with Crippen LogP contribution in [0.15, 0.2) is 12.1 Å². The van der Waals surface area contributed by atoms with Crippen LogP contribution in [0, 0.1) is 0 Å². The third-order valence-corrected chi connectivity index (χ3v) is 5.15. The summed E-state index contributed by atoms with van der Waals surface area (Å²) in [6.45, 7) is 11.1.